The van der Waals surface area contributed by atoms with Gasteiger partial charge in [0.25, 0.3) is 16.0 Å². The number of hydrogen-bond acceptors (Lipinski definition) is 5. The zero-order valence-corrected chi connectivity index (χ0v) is 15.1. The minimum Gasteiger partial charge on any atom is -0.505 e. The Bertz CT molecular complexity index is 834. The summed E-state index contributed by atoms with van der Waals surface area (Å²) >= 11 is 8.96. The maximum atomic E-state index is 12.4. The van der Waals surface area contributed by atoms with Crippen LogP contribution in [0.25, 0.3) is 0 Å². The van der Waals surface area contributed by atoms with Crippen LogP contribution in [0.4, 0.5) is 5.95 Å². The molecule has 0 bridgehead atoms. The first-order chi connectivity index (χ1) is 10.9. The number of sulfonamides is 1. The molecule has 3 rings (SSSR count). The van der Waals surface area contributed by atoms with Gasteiger partial charge in [-0.05, 0) is 25.0 Å². The first-order valence-electron chi connectivity index (χ1n) is 6.99. The Labute approximate surface area is 146 Å². The molecule has 1 aliphatic carbocycles. The summed E-state index contributed by atoms with van der Waals surface area (Å²) in [7, 11) is -4.05. The van der Waals surface area contributed by atoms with E-state index in [4.69, 9.17) is 11.6 Å². The largest absolute Gasteiger partial charge is 0.505 e. The number of anilines is 1. The lowest BCUT2D eigenvalue weighted by Crippen LogP contribution is -2.15. The molecule has 1 saturated carbocycles. The second kappa shape index (κ2) is 6.29. The summed E-state index contributed by atoms with van der Waals surface area (Å²) in [4.78, 5) is 3.64. The summed E-state index contributed by atoms with van der Waals surface area (Å²) in [6, 6.07) is 2.93. The van der Waals surface area contributed by atoms with Crippen molar-refractivity contribution in [3.05, 3.63) is 28.0 Å². The smallest absolute Gasteiger partial charge is 0.268 e. The van der Waals surface area contributed by atoms with Crippen molar-refractivity contribution in [2.45, 2.75) is 36.6 Å². The summed E-state index contributed by atoms with van der Waals surface area (Å²) in [5.74, 6) is -0.551. The Morgan fingerprint density at radius 1 is 1.35 bits per heavy atom. The zero-order valence-electron chi connectivity index (χ0n) is 11.9. The molecule has 0 unspecified atom stereocenters. The van der Waals surface area contributed by atoms with Gasteiger partial charge in [0, 0.05) is 4.47 Å². The highest BCUT2D eigenvalue weighted by atomic mass is 79.9. The summed E-state index contributed by atoms with van der Waals surface area (Å²) in [5.41, 5.74) is 0. The van der Waals surface area contributed by atoms with Crippen LogP contribution in [0.3, 0.4) is 0 Å². The number of aromatic nitrogens is 3. The van der Waals surface area contributed by atoms with Crippen LogP contribution in [0.1, 0.15) is 31.7 Å². The highest BCUT2D eigenvalue weighted by molar-refractivity contribution is 9.10. The van der Waals surface area contributed by atoms with E-state index in [1.54, 1.807) is 4.68 Å². The topological polar surface area (TPSA) is 97.1 Å². The number of halogens is 2. The monoisotopic (exact) mass is 420 g/mol. The molecule has 0 radical (unpaired) electrons. The Hall–Kier alpha value is -1.32. The number of benzene rings is 1. The second-order valence-corrected chi connectivity index (χ2v) is 8.30. The Morgan fingerprint density at radius 3 is 2.74 bits per heavy atom. The molecular weight excluding hydrogens is 408 g/mol. The fourth-order valence-corrected chi connectivity index (χ4v) is 4.70. The molecule has 1 aliphatic rings. The Morgan fingerprint density at radius 2 is 2.04 bits per heavy atom. The van der Waals surface area contributed by atoms with E-state index >= 15 is 0 Å². The van der Waals surface area contributed by atoms with E-state index in [0.717, 1.165) is 25.7 Å². The van der Waals surface area contributed by atoms with Crippen molar-refractivity contribution in [2.75, 3.05) is 4.72 Å². The zero-order chi connectivity index (χ0) is 16.6. The molecule has 10 heteroatoms. The lowest BCUT2D eigenvalue weighted by Gasteiger charge is -2.09. The normalized spacial score (nSPS) is 15.9. The van der Waals surface area contributed by atoms with E-state index < -0.39 is 15.8 Å². The second-order valence-electron chi connectivity index (χ2n) is 5.33. The van der Waals surface area contributed by atoms with Crippen molar-refractivity contribution in [2.24, 2.45) is 0 Å². The summed E-state index contributed by atoms with van der Waals surface area (Å²) in [6.45, 7) is 0. The van der Waals surface area contributed by atoms with E-state index in [9.17, 15) is 13.5 Å². The van der Waals surface area contributed by atoms with Crippen molar-refractivity contribution >= 4 is 43.5 Å². The predicted octanol–water partition coefficient (Wildman–Crippen LogP) is 3.32. The SMILES string of the molecule is O=S(=O)(Nc1ncn(C2CCCC2)n1)c1cc(Br)cc(Cl)c1O. The van der Waals surface area contributed by atoms with Crippen LogP contribution in [0, 0.1) is 0 Å². The van der Waals surface area contributed by atoms with Gasteiger partial charge in [-0.1, -0.05) is 40.4 Å². The maximum absolute atomic E-state index is 12.4. The Kier molecular flexibility index (Phi) is 4.52. The summed E-state index contributed by atoms with van der Waals surface area (Å²) in [5, 5.41) is 14.0. The molecule has 0 spiro atoms. The van der Waals surface area contributed by atoms with Crippen LogP contribution in [0.15, 0.2) is 27.8 Å². The summed E-state index contributed by atoms with van der Waals surface area (Å²) in [6.07, 6.45) is 5.81. The van der Waals surface area contributed by atoms with Crippen molar-refractivity contribution in [3.8, 4) is 5.75 Å². The van der Waals surface area contributed by atoms with Gasteiger partial charge >= 0.3 is 0 Å². The van der Waals surface area contributed by atoms with Gasteiger partial charge in [-0.15, -0.1) is 5.10 Å². The minimum atomic E-state index is -4.05. The van der Waals surface area contributed by atoms with Crippen LogP contribution < -0.4 is 4.72 Å². The number of hydrogen-bond donors (Lipinski definition) is 2. The molecule has 1 aromatic carbocycles. The maximum Gasteiger partial charge on any atom is 0.268 e. The Balaban J connectivity index is 1.87. The molecule has 2 aromatic rings. The molecule has 0 amide bonds. The van der Waals surface area contributed by atoms with E-state index in [1.165, 1.54) is 18.5 Å². The number of phenolic OH excluding ortho intramolecular Hbond substituents is 1. The predicted molar refractivity (Wildman–Crippen MR) is 89.2 cm³/mol. The van der Waals surface area contributed by atoms with Crippen molar-refractivity contribution < 1.29 is 13.5 Å². The number of rotatable bonds is 4. The van der Waals surface area contributed by atoms with Crippen molar-refractivity contribution in [1.82, 2.24) is 14.8 Å². The summed E-state index contributed by atoms with van der Waals surface area (Å²) < 4.78 is 29.2. The van der Waals surface area contributed by atoms with Crippen molar-refractivity contribution in [1.29, 1.82) is 0 Å². The van der Waals surface area contributed by atoms with Gasteiger partial charge in [-0.3, -0.25) is 0 Å². The lowest BCUT2D eigenvalue weighted by molar-refractivity contribution is 0.459. The standard InChI is InChI=1S/C13H14BrClN4O3S/c14-8-5-10(15)12(20)11(6-8)23(21,22)18-13-16-7-19(17-13)9-3-1-2-4-9/h5-7,9,20H,1-4H2,(H,17,18). The fraction of sp³-hybridized carbons (Fsp3) is 0.385. The number of phenols is 1. The highest BCUT2D eigenvalue weighted by Gasteiger charge is 2.24. The average molecular weight is 422 g/mol. The van der Waals surface area contributed by atoms with Gasteiger partial charge in [0.2, 0.25) is 0 Å². The van der Waals surface area contributed by atoms with E-state index in [1.807, 2.05) is 0 Å². The van der Waals surface area contributed by atoms with Crippen LogP contribution >= 0.6 is 27.5 Å². The van der Waals surface area contributed by atoms with Gasteiger partial charge in [-0.25, -0.2) is 17.8 Å². The average Bonchev–Trinajstić information content (AvgIpc) is 3.12. The molecule has 1 heterocycles. The van der Waals surface area contributed by atoms with Crippen LogP contribution in [-0.2, 0) is 10.0 Å². The van der Waals surface area contributed by atoms with Gasteiger partial charge in [-0.2, -0.15) is 4.98 Å². The fourth-order valence-electron chi connectivity index (χ4n) is 2.59. The molecule has 124 valence electrons. The quantitative estimate of drug-likeness (QED) is 0.789. The third-order valence-corrected chi connectivity index (χ3v) is 5.80. The van der Waals surface area contributed by atoms with E-state index in [2.05, 4.69) is 30.7 Å². The molecule has 1 aromatic heterocycles. The highest BCUT2D eigenvalue weighted by Crippen LogP contribution is 2.35. The van der Waals surface area contributed by atoms with Gasteiger partial charge in [0.1, 0.15) is 11.2 Å². The number of nitrogens with zero attached hydrogens (tertiary/aromatic N) is 3. The third-order valence-electron chi connectivity index (χ3n) is 3.72. The van der Waals surface area contributed by atoms with Gasteiger partial charge < -0.3 is 5.11 Å². The lowest BCUT2D eigenvalue weighted by atomic mass is 10.3. The first kappa shape index (κ1) is 16.5. The molecule has 1 fully saturated rings. The van der Waals surface area contributed by atoms with Crippen molar-refractivity contribution in [3.63, 3.8) is 0 Å². The number of aromatic hydroxyl groups is 1. The van der Waals surface area contributed by atoms with Gasteiger partial charge in [0.15, 0.2) is 5.75 Å². The van der Waals surface area contributed by atoms with Crippen LogP contribution in [0.5, 0.6) is 5.75 Å². The van der Waals surface area contributed by atoms with E-state index in [-0.39, 0.29) is 21.9 Å². The molecule has 0 atom stereocenters. The van der Waals surface area contributed by atoms with Crippen LogP contribution in [-0.4, -0.2) is 28.3 Å². The third kappa shape index (κ3) is 3.46. The molecule has 7 nitrogen and oxygen atoms in total. The molecule has 23 heavy (non-hydrogen) atoms. The van der Waals surface area contributed by atoms with Crippen LogP contribution in [0.2, 0.25) is 5.02 Å². The van der Waals surface area contributed by atoms with E-state index in [0.29, 0.717) is 4.47 Å². The molecular formula is C13H14BrClN4O3S. The number of nitrogens with one attached hydrogen (secondary N) is 1. The molecule has 0 saturated heterocycles. The van der Waals surface area contributed by atoms with Gasteiger partial charge in [0.05, 0.1) is 11.1 Å². The first-order valence-corrected chi connectivity index (χ1v) is 9.64. The molecule has 2 N–H and O–H groups in total. The minimum absolute atomic E-state index is 0.0348. The molecule has 0 aliphatic heterocycles.